The Morgan fingerprint density at radius 1 is 0.971 bits per heavy atom. The maximum atomic E-state index is 13.2. The summed E-state index contributed by atoms with van der Waals surface area (Å²) in [5.41, 5.74) is 2.45. The fourth-order valence-electron chi connectivity index (χ4n) is 4.10. The van der Waals surface area contributed by atoms with Crippen LogP contribution in [0, 0.1) is 11.3 Å². The Hall–Kier alpha value is -3.96. The highest BCUT2D eigenvalue weighted by molar-refractivity contribution is 7.90. The van der Waals surface area contributed by atoms with E-state index in [0.717, 1.165) is 25.8 Å². The van der Waals surface area contributed by atoms with E-state index < -0.39 is 15.9 Å². The molecule has 1 aliphatic heterocycles. The van der Waals surface area contributed by atoms with Gasteiger partial charge in [-0.1, -0.05) is 48.9 Å². The van der Waals surface area contributed by atoms with Gasteiger partial charge in [0.25, 0.3) is 15.9 Å². The Kier molecular flexibility index (Phi) is 7.28. The van der Waals surface area contributed by atoms with Gasteiger partial charge >= 0.3 is 0 Å². The maximum absolute atomic E-state index is 13.2. The van der Waals surface area contributed by atoms with Crippen LogP contribution in [0.25, 0.3) is 11.1 Å². The molecule has 3 aromatic carbocycles. The maximum Gasteiger partial charge on any atom is 0.284 e. The first-order valence-corrected chi connectivity index (χ1v) is 12.9. The number of amides is 1. The van der Waals surface area contributed by atoms with Crippen LogP contribution in [0.5, 0.6) is 0 Å². The third-order valence-electron chi connectivity index (χ3n) is 5.96. The van der Waals surface area contributed by atoms with Crippen LogP contribution in [0.3, 0.4) is 0 Å². The standard InChI is InChI=1S/C27H26N4O3S/c1-31-17-8-2-3-16-26(31)30-35(33,34)22-12-9-11-21(18-22)29-27(32)25-15-7-6-14-24(25)23-13-5-4-10-20(23)19-28/h4-7,9-15,18H,2-3,8,16-17H2,1H3,(H,29,32)/b30-26+. The number of likely N-dealkylation sites (tertiary alicyclic amines) is 1. The summed E-state index contributed by atoms with van der Waals surface area (Å²) in [4.78, 5) is 15.1. The SMILES string of the molecule is CN1CCCCC/C1=N\S(=O)(=O)c1cccc(NC(=O)c2ccccc2-c2ccccc2C#N)c1. The number of nitriles is 1. The smallest absolute Gasteiger partial charge is 0.284 e. The molecule has 0 atom stereocenters. The molecule has 0 saturated carbocycles. The third kappa shape index (κ3) is 5.58. The fraction of sp³-hybridized carbons (Fsp3) is 0.222. The number of nitrogens with zero attached hydrogens (tertiary/aromatic N) is 3. The van der Waals surface area contributed by atoms with Crippen molar-refractivity contribution in [2.24, 2.45) is 4.40 Å². The molecule has 0 aliphatic carbocycles. The summed E-state index contributed by atoms with van der Waals surface area (Å²) in [6, 6.07) is 22.3. The average molecular weight is 487 g/mol. The largest absolute Gasteiger partial charge is 0.362 e. The number of carbonyl (C=O) groups is 1. The van der Waals surface area contributed by atoms with Crippen molar-refractivity contribution >= 4 is 27.5 Å². The minimum absolute atomic E-state index is 0.0172. The average Bonchev–Trinajstić information content (AvgIpc) is 3.07. The molecule has 1 N–H and O–H groups in total. The second-order valence-electron chi connectivity index (χ2n) is 8.40. The minimum Gasteiger partial charge on any atom is -0.362 e. The second-order valence-corrected chi connectivity index (χ2v) is 10.0. The Labute approximate surface area is 205 Å². The lowest BCUT2D eigenvalue weighted by atomic mass is 9.95. The summed E-state index contributed by atoms with van der Waals surface area (Å²) in [7, 11) is -2.07. The molecular weight excluding hydrogens is 460 g/mol. The number of benzene rings is 3. The van der Waals surface area contributed by atoms with E-state index >= 15 is 0 Å². The van der Waals surface area contributed by atoms with E-state index in [9.17, 15) is 18.5 Å². The van der Waals surface area contributed by atoms with Crippen molar-refractivity contribution in [1.29, 1.82) is 5.26 Å². The van der Waals surface area contributed by atoms with E-state index in [2.05, 4.69) is 15.8 Å². The highest BCUT2D eigenvalue weighted by Crippen LogP contribution is 2.28. The number of amidine groups is 1. The quantitative estimate of drug-likeness (QED) is 0.542. The first kappa shape index (κ1) is 24.2. The summed E-state index contributed by atoms with van der Waals surface area (Å²) >= 11 is 0. The van der Waals surface area contributed by atoms with Gasteiger partial charge in [0, 0.05) is 36.8 Å². The summed E-state index contributed by atoms with van der Waals surface area (Å²) in [5, 5.41) is 12.3. The van der Waals surface area contributed by atoms with Gasteiger partial charge in [0.05, 0.1) is 16.5 Å². The first-order valence-electron chi connectivity index (χ1n) is 11.4. The van der Waals surface area contributed by atoms with E-state index in [1.54, 1.807) is 54.6 Å². The molecule has 8 heteroatoms. The van der Waals surface area contributed by atoms with Crippen LogP contribution < -0.4 is 5.32 Å². The Morgan fingerprint density at radius 3 is 2.51 bits per heavy atom. The number of hydrogen-bond acceptors (Lipinski definition) is 4. The Morgan fingerprint density at radius 2 is 1.71 bits per heavy atom. The van der Waals surface area contributed by atoms with Gasteiger partial charge in [-0.15, -0.1) is 4.40 Å². The molecule has 1 amide bonds. The fourth-order valence-corrected chi connectivity index (χ4v) is 5.24. The Bertz CT molecular complexity index is 1420. The van der Waals surface area contributed by atoms with E-state index in [-0.39, 0.29) is 4.90 Å². The van der Waals surface area contributed by atoms with Crippen molar-refractivity contribution in [2.75, 3.05) is 18.9 Å². The molecule has 35 heavy (non-hydrogen) atoms. The molecule has 1 heterocycles. The van der Waals surface area contributed by atoms with Crippen LogP contribution in [-0.2, 0) is 10.0 Å². The van der Waals surface area contributed by atoms with Gasteiger partial charge < -0.3 is 10.2 Å². The van der Waals surface area contributed by atoms with Gasteiger partial charge in [-0.05, 0) is 48.7 Å². The van der Waals surface area contributed by atoms with Crippen molar-refractivity contribution in [3.8, 4) is 17.2 Å². The van der Waals surface area contributed by atoms with Crippen molar-refractivity contribution in [2.45, 2.75) is 30.6 Å². The molecule has 0 unspecified atom stereocenters. The predicted octanol–water partition coefficient (Wildman–Crippen LogP) is 5.07. The summed E-state index contributed by atoms with van der Waals surface area (Å²) < 4.78 is 30.1. The lowest BCUT2D eigenvalue weighted by molar-refractivity contribution is 0.102. The highest BCUT2D eigenvalue weighted by Gasteiger charge is 2.20. The molecule has 0 aromatic heterocycles. The molecule has 4 rings (SSSR count). The van der Waals surface area contributed by atoms with Crippen LogP contribution in [0.4, 0.5) is 5.69 Å². The van der Waals surface area contributed by atoms with Gasteiger partial charge in [0.2, 0.25) is 0 Å². The monoisotopic (exact) mass is 486 g/mol. The van der Waals surface area contributed by atoms with Crippen molar-refractivity contribution in [3.63, 3.8) is 0 Å². The topological polar surface area (TPSA) is 103 Å². The van der Waals surface area contributed by atoms with Gasteiger partial charge in [0.1, 0.15) is 5.84 Å². The van der Waals surface area contributed by atoms with Crippen molar-refractivity contribution in [3.05, 3.63) is 83.9 Å². The summed E-state index contributed by atoms with van der Waals surface area (Å²) in [6.07, 6.45) is 3.58. The van der Waals surface area contributed by atoms with Crippen LogP contribution in [0.15, 0.2) is 82.1 Å². The van der Waals surface area contributed by atoms with Crippen molar-refractivity contribution in [1.82, 2.24) is 4.90 Å². The molecule has 178 valence electrons. The summed E-state index contributed by atoms with van der Waals surface area (Å²) in [6.45, 7) is 0.777. The number of carbonyl (C=O) groups excluding carboxylic acids is 1. The number of anilines is 1. The second kappa shape index (κ2) is 10.5. The first-order chi connectivity index (χ1) is 16.9. The molecule has 1 fully saturated rings. The number of rotatable bonds is 5. The molecule has 1 saturated heterocycles. The van der Waals surface area contributed by atoms with Crippen LogP contribution in [0.2, 0.25) is 0 Å². The minimum atomic E-state index is -3.93. The molecule has 3 aromatic rings. The molecule has 0 radical (unpaired) electrons. The van der Waals surface area contributed by atoms with Crippen molar-refractivity contribution < 1.29 is 13.2 Å². The lowest BCUT2D eigenvalue weighted by Gasteiger charge is -2.17. The van der Waals surface area contributed by atoms with Gasteiger partial charge in [0.15, 0.2) is 0 Å². The molecule has 1 aliphatic rings. The van der Waals surface area contributed by atoms with Gasteiger partial charge in [-0.25, -0.2) is 0 Å². The normalized spacial score (nSPS) is 15.3. The number of hydrogen-bond donors (Lipinski definition) is 1. The number of nitrogens with one attached hydrogen (secondary N) is 1. The Balaban J connectivity index is 1.62. The zero-order valence-corrected chi connectivity index (χ0v) is 20.3. The zero-order chi connectivity index (χ0) is 24.8. The van der Waals surface area contributed by atoms with Crippen LogP contribution >= 0.6 is 0 Å². The van der Waals surface area contributed by atoms with E-state index in [0.29, 0.717) is 40.2 Å². The van der Waals surface area contributed by atoms with Crippen LogP contribution in [0.1, 0.15) is 41.6 Å². The molecule has 0 spiro atoms. The van der Waals surface area contributed by atoms with E-state index in [1.807, 2.05) is 18.0 Å². The van der Waals surface area contributed by atoms with Gasteiger partial charge in [-0.3, -0.25) is 4.79 Å². The summed E-state index contributed by atoms with van der Waals surface area (Å²) in [5.74, 6) is 0.153. The predicted molar refractivity (Wildman–Crippen MR) is 137 cm³/mol. The lowest BCUT2D eigenvalue weighted by Crippen LogP contribution is -2.26. The van der Waals surface area contributed by atoms with Gasteiger partial charge in [-0.2, -0.15) is 13.7 Å². The van der Waals surface area contributed by atoms with Crippen LogP contribution in [-0.4, -0.2) is 38.7 Å². The third-order valence-corrected chi connectivity index (χ3v) is 7.26. The van der Waals surface area contributed by atoms with E-state index in [1.165, 1.54) is 12.1 Å². The highest BCUT2D eigenvalue weighted by atomic mass is 32.2. The molecular formula is C27H26N4O3S. The molecule has 0 bridgehead atoms. The molecule has 7 nitrogen and oxygen atoms in total. The van der Waals surface area contributed by atoms with E-state index in [4.69, 9.17) is 0 Å². The number of sulfonamides is 1. The zero-order valence-electron chi connectivity index (χ0n) is 19.4.